The Morgan fingerprint density at radius 2 is 2.05 bits per heavy atom. The van der Waals surface area contributed by atoms with E-state index in [9.17, 15) is 15.0 Å². The highest BCUT2D eigenvalue weighted by molar-refractivity contribution is 5.87. The third-order valence-electron chi connectivity index (χ3n) is 6.47. The van der Waals surface area contributed by atoms with Crippen LogP contribution in [-0.4, -0.2) is 16.0 Å². The van der Waals surface area contributed by atoms with Crippen LogP contribution >= 0.6 is 0 Å². The molecule has 3 nitrogen and oxygen atoms in total. The largest absolute Gasteiger partial charge is 0.508 e. The topological polar surface area (TPSA) is 57.5 Å². The first-order chi connectivity index (χ1) is 10.0. The van der Waals surface area contributed by atoms with Crippen LogP contribution in [-0.2, 0) is 4.79 Å². The molecule has 2 saturated carbocycles. The molecule has 0 heterocycles. The van der Waals surface area contributed by atoms with Gasteiger partial charge >= 0.3 is 0 Å². The van der Waals surface area contributed by atoms with Crippen LogP contribution in [0.1, 0.15) is 62.2 Å². The second-order valence-electron chi connectivity index (χ2n) is 7.36. The normalized spacial score (nSPS) is 41.3. The molecule has 2 fully saturated rings. The quantitative estimate of drug-likeness (QED) is 0.769. The van der Waals surface area contributed by atoms with Crippen LogP contribution in [0.5, 0.6) is 5.75 Å². The molecule has 0 saturated heterocycles. The van der Waals surface area contributed by atoms with Crippen LogP contribution in [0.3, 0.4) is 0 Å². The first-order valence-corrected chi connectivity index (χ1v) is 8.05. The first kappa shape index (κ1) is 13.3. The molecule has 1 aromatic rings. The number of carbonyl (C=O) groups excluding carboxylic acids is 1. The lowest BCUT2D eigenvalue weighted by Gasteiger charge is -2.49. The summed E-state index contributed by atoms with van der Waals surface area (Å²) in [7, 11) is 0. The minimum absolute atomic E-state index is 0.157. The van der Waals surface area contributed by atoms with Gasteiger partial charge in [-0.15, -0.1) is 0 Å². The minimum atomic E-state index is -0.508. The highest BCUT2D eigenvalue weighted by atomic mass is 16.3. The molecule has 0 aromatic heterocycles. The number of phenolic OH excluding ortho intramolecular Hbond substituents is 1. The number of hydrogen-bond acceptors (Lipinski definition) is 3. The maximum absolute atomic E-state index is 12.3. The zero-order valence-electron chi connectivity index (χ0n) is 12.4. The van der Waals surface area contributed by atoms with Crippen molar-refractivity contribution >= 4 is 5.78 Å². The van der Waals surface area contributed by atoms with E-state index in [2.05, 4.69) is 6.92 Å². The van der Waals surface area contributed by atoms with Gasteiger partial charge in [-0.05, 0) is 66.7 Å². The van der Waals surface area contributed by atoms with Crippen LogP contribution in [0.2, 0.25) is 0 Å². The van der Waals surface area contributed by atoms with E-state index in [-0.39, 0.29) is 11.2 Å². The molecule has 3 aliphatic carbocycles. The van der Waals surface area contributed by atoms with Crippen LogP contribution in [0.4, 0.5) is 0 Å². The molecule has 112 valence electrons. The van der Waals surface area contributed by atoms with E-state index in [1.807, 2.05) is 6.07 Å². The molecule has 5 atom stereocenters. The van der Waals surface area contributed by atoms with Crippen LogP contribution in [0, 0.1) is 17.3 Å². The third-order valence-corrected chi connectivity index (χ3v) is 6.47. The fourth-order valence-electron chi connectivity index (χ4n) is 5.35. The van der Waals surface area contributed by atoms with E-state index < -0.39 is 6.10 Å². The van der Waals surface area contributed by atoms with Crippen LogP contribution < -0.4 is 0 Å². The fraction of sp³-hybridized carbons (Fsp3) is 0.611. The molecule has 21 heavy (non-hydrogen) atoms. The Labute approximate surface area is 125 Å². The van der Waals surface area contributed by atoms with Gasteiger partial charge in [-0.2, -0.15) is 0 Å². The van der Waals surface area contributed by atoms with Gasteiger partial charge in [-0.3, -0.25) is 4.79 Å². The lowest BCUT2D eigenvalue weighted by atomic mass is 9.55. The maximum atomic E-state index is 12.3. The summed E-state index contributed by atoms with van der Waals surface area (Å²) in [5.74, 6) is 1.91. The molecule has 4 rings (SSSR count). The van der Waals surface area contributed by atoms with Crippen molar-refractivity contribution in [2.45, 2.75) is 51.0 Å². The molecule has 3 aliphatic rings. The summed E-state index contributed by atoms with van der Waals surface area (Å²) in [6, 6.07) is 5.41. The number of carbonyl (C=O) groups is 1. The summed E-state index contributed by atoms with van der Waals surface area (Å²) in [6.45, 7) is 2.14. The van der Waals surface area contributed by atoms with E-state index in [0.29, 0.717) is 30.0 Å². The van der Waals surface area contributed by atoms with Gasteiger partial charge in [-0.1, -0.05) is 13.0 Å². The van der Waals surface area contributed by atoms with Crippen molar-refractivity contribution in [3.05, 3.63) is 29.3 Å². The molecule has 0 bridgehead atoms. The van der Waals surface area contributed by atoms with Gasteiger partial charge in [0.15, 0.2) is 0 Å². The fourth-order valence-corrected chi connectivity index (χ4v) is 5.35. The summed E-state index contributed by atoms with van der Waals surface area (Å²) in [5.41, 5.74) is 1.93. The van der Waals surface area contributed by atoms with Crippen LogP contribution in [0.25, 0.3) is 0 Å². The molecule has 0 aliphatic heterocycles. The van der Waals surface area contributed by atoms with Crippen LogP contribution in [0.15, 0.2) is 18.2 Å². The number of phenols is 1. The summed E-state index contributed by atoms with van der Waals surface area (Å²) < 4.78 is 0. The average molecular weight is 286 g/mol. The number of ketones is 1. The second-order valence-corrected chi connectivity index (χ2v) is 7.36. The SMILES string of the molecule is C[C@]12CC[C@@H]3c4ccc(O)cc4[C@H](O)C[C@H]3[C@@H]1CCC2=O. The smallest absolute Gasteiger partial charge is 0.139 e. The summed E-state index contributed by atoms with van der Waals surface area (Å²) in [5, 5.41) is 20.2. The monoisotopic (exact) mass is 286 g/mol. The predicted molar refractivity (Wildman–Crippen MR) is 79.0 cm³/mol. The van der Waals surface area contributed by atoms with Gasteiger partial charge in [0, 0.05) is 11.8 Å². The Bertz CT molecular complexity index is 608. The van der Waals surface area contributed by atoms with Crippen molar-refractivity contribution in [1.29, 1.82) is 0 Å². The Morgan fingerprint density at radius 3 is 2.86 bits per heavy atom. The standard InChI is InChI=1S/C18H22O3/c1-18-7-6-12-11-3-2-10(19)8-14(11)16(20)9-13(12)15(18)4-5-17(18)21/h2-3,8,12-13,15-16,19-20H,4-7,9H2,1H3/t12-,13-,15+,16-,18+/m1/s1. The number of aromatic hydroxyl groups is 1. The zero-order valence-corrected chi connectivity index (χ0v) is 12.4. The van der Waals surface area contributed by atoms with E-state index >= 15 is 0 Å². The number of rotatable bonds is 0. The van der Waals surface area contributed by atoms with E-state index in [0.717, 1.165) is 31.2 Å². The average Bonchev–Trinajstić information content (AvgIpc) is 2.76. The van der Waals surface area contributed by atoms with Crippen molar-refractivity contribution in [3.8, 4) is 5.75 Å². The Morgan fingerprint density at radius 1 is 1.24 bits per heavy atom. The van der Waals surface area contributed by atoms with Gasteiger partial charge in [0.2, 0.25) is 0 Å². The van der Waals surface area contributed by atoms with Crippen molar-refractivity contribution in [2.24, 2.45) is 17.3 Å². The number of Topliss-reactive ketones (excluding diaryl/α,β-unsaturated/α-hetero) is 1. The highest BCUT2D eigenvalue weighted by Crippen LogP contribution is 2.60. The van der Waals surface area contributed by atoms with Crippen molar-refractivity contribution in [3.63, 3.8) is 0 Å². The van der Waals surface area contributed by atoms with Gasteiger partial charge in [0.05, 0.1) is 6.10 Å². The van der Waals surface area contributed by atoms with E-state index in [1.165, 1.54) is 5.56 Å². The predicted octanol–water partition coefficient (Wildman–Crippen LogP) is 3.31. The number of hydrogen-bond donors (Lipinski definition) is 2. The molecule has 2 N–H and O–H groups in total. The molecule has 3 heteroatoms. The first-order valence-electron chi connectivity index (χ1n) is 8.05. The molecule has 0 radical (unpaired) electrons. The molecule has 0 spiro atoms. The lowest BCUT2D eigenvalue weighted by Crippen LogP contribution is -2.43. The van der Waals surface area contributed by atoms with E-state index in [4.69, 9.17) is 0 Å². The molecular weight excluding hydrogens is 264 g/mol. The summed E-state index contributed by atoms with van der Waals surface area (Å²) in [6.07, 6.45) is 3.90. The zero-order chi connectivity index (χ0) is 14.8. The number of aliphatic hydroxyl groups excluding tert-OH is 1. The Hall–Kier alpha value is -1.35. The van der Waals surface area contributed by atoms with Crippen molar-refractivity contribution in [2.75, 3.05) is 0 Å². The minimum Gasteiger partial charge on any atom is -0.508 e. The Kier molecular flexibility index (Phi) is 2.74. The van der Waals surface area contributed by atoms with Gasteiger partial charge in [0.1, 0.15) is 11.5 Å². The number of aliphatic hydroxyl groups is 1. The van der Waals surface area contributed by atoms with Gasteiger partial charge < -0.3 is 10.2 Å². The Balaban J connectivity index is 1.77. The maximum Gasteiger partial charge on any atom is 0.139 e. The third kappa shape index (κ3) is 1.73. The second kappa shape index (κ2) is 4.33. The van der Waals surface area contributed by atoms with E-state index in [1.54, 1.807) is 12.1 Å². The highest BCUT2D eigenvalue weighted by Gasteiger charge is 2.55. The van der Waals surface area contributed by atoms with Crippen molar-refractivity contribution < 1.29 is 15.0 Å². The number of fused-ring (bicyclic) bond motifs is 5. The van der Waals surface area contributed by atoms with Gasteiger partial charge in [-0.25, -0.2) is 0 Å². The molecule has 1 aromatic carbocycles. The molecule has 0 amide bonds. The van der Waals surface area contributed by atoms with Gasteiger partial charge in [0.25, 0.3) is 0 Å². The summed E-state index contributed by atoms with van der Waals surface area (Å²) in [4.78, 5) is 12.3. The molecular formula is C18H22O3. The number of benzene rings is 1. The van der Waals surface area contributed by atoms with Crippen molar-refractivity contribution in [1.82, 2.24) is 0 Å². The summed E-state index contributed by atoms with van der Waals surface area (Å²) >= 11 is 0. The molecule has 0 unspecified atom stereocenters. The lowest BCUT2D eigenvalue weighted by molar-refractivity contribution is -0.129.